The van der Waals surface area contributed by atoms with Gasteiger partial charge in [0.25, 0.3) is 10.0 Å². The minimum atomic E-state index is -3.70. The van der Waals surface area contributed by atoms with Crippen molar-refractivity contribution in [2.24, 2.45) is 5.14 Å². The van der Waals surface area contributed by atoms with Gasteiger partial charge in [-0.25, -0.2) is 13.6 Å². The maximum Gasteiger partial charge on any atom is 0.267 e. The largest absolute Gasteiger partial charge is 0.360 e. The van der Waals surface area contributed by atoms with Crippen molar-refractivity contribution < 1.29 is 8.42 Å². The second-order valence-electron chi connectivity index (χ2n) is 1.95. The summed E-state index contributed by atoms with van der Waals surface area (Å²) in [4.78, 5) is 0. The molecule has 0 amide bonds. The number of nitrogens with two attached hydrogens (primary N) is 1. The van der Waals surface area contributed by atoms with Gasteiger partial charge in [-0.05, 0) is 6.92 Å². The first-order valence-electron chi connectivity index (χ1n) is 3.14. The fourth-order valence-electron chi connectivity index (χ4n) is 0.547. The van der Waals surface area contributed by atoms with Crippen molar-refractivity contribution in [3.63, 3.8) is 0 Å². The Kier molecular flexibility index (Phi) is 2.60. The molecule has 0 spiro atoms. The number of nitrogens with one attached hydrogen (secondary N) is 1. The maximum atomic E-state index is 10.7. The molecular formula is C4H8N4O2S2. The summed E-state index contributed by atoms with van der Waals surface area (Å²) >= 11 is 0.918. The van der Waals surface area contributed by atoms with Gasteiger partial charge in [0.1, 0.15) is 0 Å². The summed E-state index contributed by atoms with van der Waals surface area (Å²) in [6, 6.07) is 0. The molecule has 1 rings (SSSR count). The third-order valence-electron chi connectivity index (χ3n) is 0.978. The van der Waals surface area contributed by atoms with Crippen LogP contribution in [0.3, 0.4) is 0 Å². The Labute approximate surface area is 73.9 Å². The van der Waals surface area contributed by atoms with Gasteiger partial charge in [-0.3, -0.25) is 0 Å². The molecular weight excluding hydrogens is 200 g/mol. The average Bonchev–Trinajstić information content (AvgIpc) is 2.35. The molecule has 1 aromatic rings. The molecule has 1 heterocycles. The fourth-order valence-corrected chi connectivity index (χ4v) is 1.95. The van der Waals surface area contributed by atoms with Crippen LogP contribution in [0, 0.1) is 0 Å². The van der Waals surface area contributed by atoms with E-state index in [-0.39, 0.29) is 4.34 Å². The predicted octanol–water partition coefficient (Wildman–Crippen LogP) is -0.383. The van der Waals surface area contributed by atoms with E-state index in [2.05, 4.69) is 15.5 Å². The number of aromatic nitrogens is 2. The molecule has 0 atom stereocenters. The number of sulfonamides is 1. The molecule has 0 aliphatic rings. The molecule has 0 saturated carbocycles. The molecule has 12 heavy (non-hydrogen) atoms. The molecule has 1 aromatic heterocycles. The van der Waals surface area contributed by atoms with Crippen molar-refractivity contribution in [1.29, 1.82) is 0 Å². The van der Waals surface area contributed by atoms with E-state index in [0.29, 0.717) is 11.7 Å². The molecule has 0 fully saturated rings. The van der Waals surface area contributed by atoms with Crippen molar-refractivity contribution in [3.8, 4) is 0 Å². The zero-order valence-electron chi connectivity index (χ0n) is 6.31. The second-order valence-corrected chi connectivity index (χ2v) is 4.66. The first-order chi connectivity index (χ1) is 5.54. The lowest BCUT2D eigenvalue weighted by molar-refractivity contribution is 0.596. The second kappa shape index (κ2) is 3.33. The summed E-state index contributed by atoms with van der Waals surface area (Å²) in [6.45, 7) is 2.54. The Hall–Kier alpha value is -0.730. The van der Waals surface area contributed by atoms with Crippen molar-refractivity contribution in [1.82, 2.24) is 10.2 Å². The first kappa shape index (κ1) is 9.36. The van der Waals surface area contributed by atoms with Crippen LogP contribution in [-0.4, -0.2) is 25.2 Å². The predicted molar refractivity (Wildman–Crippen MR) is 45.4 cm³/mol. The van der Waals surface area contributed by atoms with Crippen LogP contribution in [0.5, 0.6) is 0 Å². The summed E-state index contributed by atoms with van der Waals surface area (Å²) in [6.07, 6.45) is 0. The van der Waals surface area contributed by atoms with Crippen LogP contribution in [0.1, 0.15) is 6.92 Å². The Bertz CT molecular complexity index is 357. The van der Waals surface area contributed by atoms with Gasteiger partial charge in [-0.1, -0.05) is 11.3 Å². The highest BCUT2D eigenvalue weighted by atomic mass is 32.2. The van der Waals surface area contributed by atoms with E-state index in [0.717, 1.165) is 11.3 Å². The summed E-state index contributed by atoms with van der Waals surface area (Å²) in [5, 5.41) is 15.1. The molecule has 6 nitrogen and oxygen atoms in total. The van der Waals surface area contributed by atoms with Gasteiger partial charge in [0.15, 0.2) is 0 Å². The summed E-state index contributed by atoms with van der Waals surface area (Å²) < 4.78 is 21.2. The molecule has 0 radical (unpaired) electrons. The minimum absolute atomic E-state index is 0.168. The van der Waals surface area contributed by atoms with Gasteiger partial charge in [-0.15, -0.1) is 10.2 Å². The minimum Gasteiger partial charge on any atom is -0.360 e. The molecule has 0 aromatic carbocycles. The quantitative estimate of drug-likeness (QED) is 0.705. The van der Waals surface area contributed by atoms with Crippen LogP contribution < -0.4 is 10.5 Å². The molecule has 0 saturated heterocycles. The van der Waals surface area contributed by atoms with Crippen LogP contribution in [-0.2, 0) is 10.0 Å². The lowest BCUT2D eigenvalue weighted by Gasteiger charge is -1.91. The number of rotatable bonds is 3. The Balaban J connectivity index is 2.92. The third kappa shape index (κ3) is 2.13. The monoisotopic (exact) mass is 208 g/mol. The molecule has 0 bridgehead atoms. The summed E-state index contributed by atoms with van der Waals surface area (Å²) in [7, 11) is -3.70. The third-order valence-corrected chi connectivity index (χ3v) is 3.17. The van der Waals surface area contributed by atoms with E-state index < -0.39 is 10.0 Å². The van der Waals surface area contributed by atoms with Crippen molar-refractivity contribution >= 4 is 26.5 Å². The topological polar surface area (TPSA) is 98.0 Å². The Morgan fingerprint density at radius 1 is 1.58 bits per heavy atom. The fraction of sp³-hybridized carbons (Fsp3) is 0.500. The van der Waals surface area contributed by atoms with E-state index >= 15 is 0 Å². The first-order valence-corrected chi connectivity index (χ1v) is 5.50. The molecule has 0 aliphatic heterocycles. The van der Waals surface area contributed by atoms with Gasteiger partial charge in [0.2, 0.25) is 9.47 Å². The van der Waals surface area contributed by atoms with Gasteiger partial charge in [0.05, 0.1) is 0 Å². The molecule has 0 unspecified atom stereocenters. The Morgan fingerprint density at radius 2 is 2.25 bits per heavy atom. The maximum absolute atomic E-state index is 10.7. The highest BCUT2D eigenvalue weighted by Gasteiger charge is 2.14. The standard InChI is InChI=1S/C4H8N4O2S2/c1-2-6-3-7-8-4(11-3)12(5,9)10/h2H2,1H3,(H,6,7)(H2,5,9,10). The highest BCUT2D eigenvalue weighted by molar-refractivity contribution is 7.91. The molecule has 68 valence electrons. The average molecular weight is 208 g/mol. The van der Waals surface area contributed by atoms with Gasteiger partial charge in [0, 0.05) is 6.54 Å². The molecule has 3 N–H and O–H groups in total. The number of anilines is 1. The lowest BCUT2D eigenvalue weighted by Crippen LogP contribution is -2.11. The van der Waals surface area contributed by atoms with Crippen molar-refractivity contribution in [2.75, 3.05) is 11.9 Å². The SMILES string of the molecule is CCNc1nnc(S(N)(=O)=O)s1. The van der Waals surface area contributed by atoms with E-state index in [1.165, 1.54) is 0 Å². The van der Waals surface area contributed by atoms with Crippen molar-refractivity contribution in [2.45, 2.75) is 11.3 Å². The van der Waals surface area contributed by atoms with E-state index in [1.807, 2.05) is 6.92 Å². The van der Waals surface area contributed by atoms with Crippen LogP contribution in [0.25, 0.3) is 0 Å². The zero-order valence-corrected chi connectivity index (χ0v) is 7.94. The lowest BCUT2D eigenvalue weighted by atomic mass is 10.8. The van der Waals surface area contributed by atoms with E-state index in [9.17, 15) is 8.42 Å². The smallest absolute Gasteiger partial charge is 0.267 e. The van der Waals surface area contributed by atoms with Crippen LogP contribution in [0.2, 0.25) is 0 Å². The van der Waals surface area contributed by atoms with Crippen LogP contribution in [0.15, 0.2) is 4.34 Å². The summed E-state index contributed by atoms with van der Waals surface area (Å²) in [5.41, 5.74) is 0. The summed E-state index contributed by atoms with van der Waals surface area (Å²) in [5.74, 6) is 0. The van der Waals surface area contributed by atoms with E-state index in [4.69, 9.17) is 5.14 Å². The number of primary sulfonamides is 1. The van der Waals surface area contributed by atoms with E-state index in [1.54, 1.807) is 0 Å². The van der Waals surface area contributed by atoms with Gasteiger partial charge in [-0.2, -0.15) is 0 Å². The Morgan fingerprint density at radius 3 is 2.67 bits per heavy atom. The number of hydrogen-bond donors (Lipinski definition) is 2. The zero-order chi connectivity index (χ0) is 9.19. The highest BCUT2D eigenvalue weighted by Crippen LogP contribution is 2.17. The van der Waals surface area contributed by atoms with Crippen LogP contribution in [0.4, 0.5) is 5.13 Å². The molecule has 0 aliphatic carbocycles. The van der Waals surface area contributed by atoms with Crippen LogP contribution >= 0.6 is 11.3 Å². The van der Waals surface area contributed by atoms with Gasteiger partial charge >= 0.3 is 0 Å². The molecule has 8 heteroatoms. The number of hydrogen-bond acceptors (Lipinski definition) is 6. The number of nitrogens with zero attached hydrogens (tertiary/aromatic N) is 2. The van der Waals surface area contributed by atoms with Gasteiger partial charge < -0.3 is 5.32 Å². The normalized spacial score (nSPS) is 11.5. The van der Waals surface area contributed by atoms with Crippen molar-refractivity contribution in [3.05, 3.63) is 0 Å².